The van der Waals surface area contributed by atoms with E-state index in [0.29, 0.717) is 36.2 Å². The second kappa shape index (κ2) is 7.46. The van der Waals surface area contributed by atoms with Crippen molar-refractivity contribution in [3.63, 3.8) is 0 Å². The molecule has 2 aromatic rings. The van der Waals surface area contributed by atoms with Gasteiger partial charge >= 0.3 is 0 Å². The maximum absolute atomic E-state index is 13.0. The zero-order chi connectivity index (χ0) is 21.6. The summed E-state index contributed by atoms with van der Waals surface area (Å²) >= 11 is 0. The Labute approximate surface area is 172 Å². The molecule has 0 radical (unpaired) electrons. The summed E-state index contributed by atoms with van der Waals surface area (Å²) in [7, 11) is 1.71. The van der Waals surface area contributed by atoms with Gasteiger partial charge in [-0.2, -0.15) is 10.1 Å². The fraction of sp³-hybridized carbons (Fsp3) is 0.579. The Hall–Kier alpha value is -2.82. The van der Waals surface area contributed by atoms with Crippen LogP contribution in [0.5, 0.6) is 0 Å². The van der Waals surface area contributed by atoms with Crippen molar-refractivity contribution in [2.45, 2.75) is 57.8 Å². The molecule has 0 aromatic carbocycles. The Bertz CT molecular complexity index is 954. The number of aliphatic hydroxyl groups excluding tert-OH is 1. The van der Waals surface area contributed by atoms with Crippen molar-refractivity contribution >= 4 is 23.4 Å². The Morgan fingerprint density at radius 1 is 1.40 bits per heavy atom. The number of fused-ring (bicyclic) bond motifs is 1. The molecule has 3 heterocycles. The van der Waals surface area contributed by atoms with E-state index in [9.17, 15) is 18.7 Å². The molecule has 0 spiro atoms. The molecule has 1 aliphatic heterocycles. The van der Waals surface area contributed by atoms with Gasteiger partial charge in [-0.25, -0.2) is 13.8 Å². The van der Waals surface area contributed by atoms with Crippen LogP contribution in [0, 0.1) is 12.8 Å². The number of aliphatic hydroxyl groups is 1. The minimum atomic E-state index is -2.52. The van der Waals surface area contributed by atoms with Gasteiger partial charge in [0.2, 0.25) is 17.8 Å². The van der Waals surface area contributed by atoms with Crippen LogP contribution in [0.2, 0.25) is 0 Å². The molecule has 4 rings (SSSR count). The number of carbonyl (C=O) groups excluding carboxylic acids is 1. The fourth-order valence-corrected chi connectivity index (χ4v) is 4.04. The van der Waals surface area contributed by atoms with Gasteiger partial charge in [-0.15, -0.1) is 0 Å². The first-order valence-electron chi connectivity index (χ1n) is 9.86. The van der Waals surface area contributed by atoms with Crippen molar-refractivity contribution in [3.8, 4) is 0 Å². The number of nitrogens with one attached hydrogen (secondary N) is 2. The molecule has 2 atom stereocenters. The lowest BCUT2D eigenvalue weighted by Crippen LogP contribution is -2.52. The fourth-order valence-electron chi connectivity index (χ4n) is 4.04. The number of aromatic nitrogens is 4. The number of alkyl halides is 2. The van der Waals surface area contributed by atoms with Crippen LogP contribution >= 0.6 is 0 Å². The molecule has 2 aliphatic rings. The van der Waals surface area contributed by atoms with Crippen molar-refractivity contribution < 1.29 is 18.7 Å². The predicted octanol–water partition coefficient (Wildman–Crippen LogP) is 1.78. The monoisotopic (exact) mass is 421 g/mol. The quantitative estimate of drug-likeness (QED) is 0.652. The summed E-state index contributed by atoms with van der Waals surface area (Å²) in [6.45, 7) is 4.22. The van der Waals surface area contributed by atoms with E-state index >= 15 is 0 Å². The summed E-state index contributed by atoms with van der Waals surface area (Å²) in [6, 6.07) is -0.739. The lowest BCUT2D eigenvalue weighted by atomic mass is 9.81. The third-order valence-corrected chi connectivity index (χ3v) is 5.55. The van der Waals surface area contributed by atoms with E-state index in [1.807, 2.05) is 6.20 Å². The zero-order valence-electron chi connectivity index (χ0n) is 17.1. The second-order valence-corrected chi connectivity index (χ2v) is 8.17. The molecule has 2 unspecified atom stereocenters. The molecule has 1 fully saturated rings. The lowest BCUT2D eigenvalue weighted by Gasteiger charge is -2.36. The van der Waals surface area contributed by atoms with Gasteiger partial charge < -0.3 is 20.6 Å². The SMILES string of the molecule is Cc1nc(NCc2cnn(CC3CC(F)(F)C3)c2)nc2c1NC(=O)C(C(C)O)N2C. The molecule has 0 saturated heterocycles. The van der Waals surface area contributed by atoms with E-state index in [2.05, 4.69) is 25.7 Å². The lowest BCUT2D eigenvalue weighted by molar-refractivity contribution is -0.119. The molecule has 0 bridgehead atoms. The summed E-state index contributed by atoms with van der Waals surface area (Å²) in [5.41, 5.74) is 2.01. The van der Waals surface area contributed by atoms with Crippen LogP contribution in [0.15, 0.2) is 12.4 Å². The van der Waals surface area contributed by atoms with E-state index in [1.54, 1.807) is 36.7 Å². The first-order chi connectivity index (χ1) is 14.1. The topological polar surface area (TPSA) is 108 Å². The molecule has 1 amide bonds. The molecule has 2 aromatic heterocycles. The second-order valence-electron chi connectivity index (χ2n) is 8.17. The average Bonchev–Trinajstić information content (AvgIpc) is 3.07. The van der Waals surface area contributed by atoms with E-state index in [0.717, 1.165) is 5.56 Å². The highest BCUT2D eigenvalue weighted by Gasteiger charge is 2.45. The standard InChI is InChI=1S/C19H25F2N7O2/c1-10-14-16(27(3)15(11(2)29)17(30)25-14)26-18(24-10)22-6-13-7-23-28(9-13)8-12-4-19(20,21)5-12/h7,9,11-12,15,29H,4-6,8H2,1-3H3,(H,25,30)(H,22,24,26). The number of carbonyl (C=O) groups is 1. The Balaban J connectivity index is 1.43. The third-order valence-electron chi connectivity index (χ3n) is 5.55. The molecule has 9 nitrogen and oxygen atoms in total. The van der Waals surface area contributed by atoms with Crippen molar-refractivity contribution in [1.29, 1.82) is 0 Å². The van der Waals surface area contributed by atoms with Crippen LogP contribution in [0.3, 0.4) is 0 Å². The van der Waals surface area contributed by atoms with Crippen molar-refractivity contribution in [1.82, 2.24) is 19.7 Å². The van der Waals surface area contributed by atoms with E-state index in [-0.39, 0.29) is 24.7 Å². The molecule has 30 heavy (non-hydrogen) atoms. The Morgan fingerprint density at radius 2 is 2.13 bits per heavy atom. The van der Waals surface area contributed by atoms with Crippen molar-refractivity contribution in [3.05, 3.63) is 23.7 Å². The highest BCUT2D eigenvalue weighted by molar-refractivity contribution is 6.03. The summed E-state index contributed by atoms with van der Waals surface area (Å²) in [4.78, 5) is 22.8. The van der Waals surface area contributed by atoms with Gasteiger partial charge in [-0.3, -0.25) is 9.48 Å². The number of aryl methyl sites for hydroxylation is 1. The van der Waals surface area contributed by atoms with Crippen LogP contribution in [0.1, 0.15) is 31.0 Å². The van der Waals surface area contributed by atoms with Gasteiger partial charge in [0.15, 0.2) is 5.82 Å². The van der Waals surface area contributed by atoms with Crippen LogP contribution < -0.4 is 15.5 Å². The number of hydrogen-bond donors (Lipinski definition) is 3. The van der Waals surface area contributed by atoms with Crippen LogP contribution in [0.25, 0.3) is 0 Å². The van der Waals surface area contributed by atoms with Gasteiger partial charge in [-0.05, 0) is 19.8 Å². The van der Waals surface area contributed by atoms with Crippen molar-refractivity contribution in [2.75, 3.05) is 22.6 Å². The molecule has 162 valence electrons. The minimum Gasteiger partial charge on any atom is -0.391 e. The third kappa shape index (κ3) is 3.93. The zero-order valence-corrected chi connectivity index (χ0v) is 17.1. The Kier molecular flexibility index (Phi) is 5.08. The number of hydrogen-bond acceptors (Lipinski definition) is 7. The summed E-state index contributed by atoms with van der Waals surface area (Å²) in [5, 5.41) is 20.1. The number of rotatable bonds is 6. The number of anilines is 3. The highest BCUT2D eigenvalue weighted by Crippen LogP contribution is 2.43. The molecule has 11 heteroatoms. The first-order valence-corrected chi connectivity index (χ1v) is 9.86. The largest absolute Gasteiger partial charge is 0.391 e. The predicted molar refractivity (Wildman–Crippen MR) is 106 cm³/mol. The minimum absolute atomic E-state index is 0.0417. The van der Waals surface area contributed by atoms with Crippen LogP contribution in [-0.2, 0) is 17.9 Å². The molecule has 1 aliphatic carbocycles. The summed E-state index contributed by atoms with van der Waals surface area (Å²) in [5.74, 6) is -1.96. The van der Waals surface area contributed by atoms with E-state index in [1.165, 1.54) is 0 Å². The first kappa shape index (κ1) is 20.5. The number of halogens is 2. The highest BCUT2D eigenvalue weighted by atomic mass is 19.3. The Morgan fingerprint density at radius 3 is 2.80 bits per heavy atom. The summed E-state index contributed by atoms with van der Waals surface area (Å²) in [6.07, 6.45) is 2.48. The van der Waals surface area contributed by atoms with E-state index in [4.69, 9.17) is 0 Å². The number of nitrogens with zero attached hydrogens (tertiary/aromatic N) is 5. The van der Waals surface area contributed by atoms with Crippen molar-refractivity contribution in [2.24, 2.45) is 5.92 Å². The normalized spacial score (nSPS) is 21.6. The van der Waals surface area contributed by atoms with Gasteiger partial charge in [0.05, 0.1) is 18.0 Å². The van der Waals surface area contributed by atoms with E-state index < -0.39 is 18.1 Å². The number of amides is 1. The maximum atomic E-state index is 13.0. The maximum Gasteiger partial charge on any atom is 0.249 e. The van der Waals surface area contributed by atoms with Gasteiger partial charge in [-0.1, -0.05) is 0 Å². The van der Waals surface area contributed by atoms with Gasteiger partial charge in [0.1, 0.15) is 11.7 Å². The molecular formula is C19H25F2N7O2. The van der Waals surface area contributed by atoms with Crippen LogP contribution in [-0.4, -0.2) is 55.9 Å². The smallest absolute Gasteiger partial charge is 0.249 e. The van der Waals surface area contributed by atoms with Crippen LogP contribution in [0.4, 0.5) is 26.2 Å². The summed E-state index contributed by atoms with van der Waals surface area (Å²) < 4.78 is 27.6. The van der Waals surface area contributed by atoms with Gasteiger partial charge in [0, 0.05) is 44.7 Å². The molecular weight excluding hydrogens is 396 g/mol. The van der Waals surface area contributed by atoms with Gasteiger partial charge in [0.25, 0.3) is 0 Å². The average molecular weight is 421 g/mol. The number of likely N-dealkylation sites (N-methyl/N-ethyl adjacent to an activating group) is 1. The molecule has 3 N–H and O–H groups in total. The molecule has 1 saturated carbocycles.